The molecule has 4 fully saturated rings. The third-order valence-corrected chi connectivity index (χ3v) is 11.8. The van der Waals surface area contributed by atoms with Crippen LogP contribution >= 0.6 is 15.6 Å². The maximum absolute atomic E-state index is 12.4. The molecular formula is C30H57N3O27P2. The molecule has 4 rings (SSSR count). The second kappa shape index (κ2) is 23.6. The van der Waals surface area contributed by atoms with Gasteiger partial charge in [0, 0.05) is 20.0 Å². The molecule has 62 heavy (non-hydrogen) atoms. The van der Waals surface area contributed by atoms with Crippen molar-refractivity contribution >= 4 is 21.6 Å². The van der Waals surface area contributed by atoms with E-state index in [2.05, 4.69) is 14.4 Å². The molecule has 0 aromatic heterocycles. The van der Waals surface area contributed by atoms with Gasteiger partial charge >= 0.3 is 15.6 Å². The number of nitrogens with one attached hydrogen (secondary N) is 1. The van der Waals surface area contributed by atoms with Gasteiger partial charge in [-0.3, -0.25) is 22.9 Å². The van der Waals surface area contributed by atoms with Crippen molar-refractivity contribution in [3.63, 3.8) is 0 Å². The summed E-state index contributed by atoms with van der Waals surface area (Å²) in [5.74, 6) is -0.758. The van der Waals surface area contributed by atoms with Gasteiger partial charge in [-0.05, 0) is 0 Å². The fourth-order valence-electron chi connectivity index (χ4n) is 6.63. The maximum Gasteiger partial charge on any atom is 0.472 e. The van der Waals surface area contributed by atoms with Crippen LogP contribution in [0.15, 0.2) is 0 Å². The van der Waals surface area contributed by atoms with E-state index in [-0.39, 0.29) is 13.1 Å². The smallest absolute Gasteiger partial charge is 0.394 e. The van der Waals surface area contributed by atoms with Gasteiger partial charge in [0.05, 0.1) is 39.6 Å². The maximum atomic E-state index is 12.4. The van der Waals surface area contributed by atoms with Crippen molar-refractivity contribution in [3.8, 4) is 0 Å². The molecule has 364 valence electrons. The van der Waals surface area contributed by atoms with E-state index >= 15 is 0 Å². The Morgan fingerprint density at radius 1 is 0.548 bits per heavy atom. The zero-order chi connectivity index (χ0) is 46.3. The van der Waals surface area contributed by atoms with E-state index in [1.165, 1.54) is 0 Å². The van der Waals surface area contributed by atoms with Crippen LogP contribution in [-0.4, -0.2) is 247 Å². The molecule has 4 saturated heterocycles. The largest absolute Gasteiger partial charge is 0.472 e. The number of hydrogen-bond acceptors (Lipinski definition) is 27. The summed E-state index contributed by atoms with van der Waals surface area (Å²) in [6.07, 6.45) is -38.3. The standard InChI is InChI=1S/C30H57N3O27P2/c1-10(36)33-15-19(40)24(12(7-35)54-27(15)45)58-30-26(22(43)18(39)14(57-30)9-53-62(48,49)51-5-3-32)60-29-25(21(42)16(37)11(6-34)55-29)59-28-23(44)20(41)17(38)13(56-28)8-52-61(46,47)50-4-2-31/h11-30,34-35,37-45H,2-9,31-32H2,1H3,(H,33,36)(H,46,47)(H,48,49)/t11-,12-,13-,14-,15-,16-,17-,18-,19-,20+,21+,22+,23+,24-,25+,26+,27-,28-,29-,30-/m1/s1. The van der Waals surface area contributed by atoms with E-state index in [4.69, 9.17) is 53.7 Å². The second-order valence-corrected chi connectivity index (χ2v) is 17.2. The Bertz CT molecular complexity index is 1500. The molecule has 32 heteroatoms. The molecule has 2 unspecified atom stereocenters. The summed E-state index contributed by atoms with van der Waals surface area (Å²) in [6, 6.07) is -1.62. The monoisotopic (exact) mass is 953 g/mol. The Labute approximate surface area is 351 Å². The van der Waals surface area contributed by atoms with Crippen molar-refractivity contribution in [2.24, 2.45) is 11.5 Å². The predicted molar refractivity (Wildman–Crippen MR) is 193 cm³/mol. The second-order valence-electron chi connectivity index (χ2n) is 14.3. The summed E-state index contributed by atoms with van der Waals surface area (Å²) in [6.45, 7) is -4.19. The zero-order valence-corrected chi connectivity index (χ0v) is 34.6. The van der Waals surface area contributed by atoms with Crippen molar-refractivity contribution in [2.75, 3.05) is 52.7 Å². The summed E-state index contributed by atoms with van der Waals surface area (Å²) in [7, 11) is -9.67. The first-order valence-corrected chi connectivity index (χ1v) is 21.9. The van der Waals surface area contributed by atoms with Crippen LogP contribution in [0.5, 0.6) is 0 Å². The molecule has 0 aliphatic carbocycles. The van der Waals surface area contributed by atoms with Gasteiger partial charge in [-0.25, -0.2) is 9.13 Å². The number of rotatable bonds is 21. The summed E-state index contributed by atoms with van der Waals surface area (Å²) in [5.41, 5.74) is 10.5. The van der Waals surface area contributed by atoms with Gasteiger partial charge in [0.2, 0.25) is 5.91 Å². The van der Waals surface area contributed by atoms with Crippen LogP contribution < -0.4 is 16.8 Å². The van der Waals surface area contributed by atoms with Gasteiger partial charge in [0.15, 0.2) is 25.2 Å². The average Bonchev–Trinajstić information content (AvgIpc) is 3.22. The zero-order valence-electron chi connectivity index (χ0n) is 32.8. The number of phosphoric ester groups is 2. The number of aliphatic hydroxyl groups excluding tert-OH is 11. The van der Waals surface area contributed by atoms with E-state index in [0.29, 0.717) is 0 Å². The van der Waals surface area contributed by atoms with Crippen LogP contribution in [0.1, 0.15) is 6.92 Å². The van der Waals surface area contributed by atoms with E-state index in [9.17, 15) is 79.9 Å². The first kappa shape index (κ1) is 53.5. The van der Waals surface area contributed by atoms with Crippen molar-refractivity contribution < 1.29 is 131 Å². The molecule has 4 aliphatic heterocycles. The molecule has 4 aliphatic rings. The Morgan fingerprint density at radius 2 is 0.968 bits per heavy atom. The van der Waals surface area contributed by atoms with Crippen molar-refractivity contribution in [2.45, 2.75) is 130 Å². The van der Waals surface area contributed by atoms with Crippen molar-refractivity contribution in [1.82, 2.24) is 5.32 Å². The summed E-state index contributed by atoms with van der Waals surface area (Å²) in [5, 5.41) is 121. The molecule has 22 atom stereocenters. The molecule has 0 bridgehead atoms. The van der Waals surface area contributed by atoms with Gasteiger partial charge < -0.3 is 116 Å². The molecule has 0 aromatic carbocycles. The van der Waals surface area contributed by atoms with Crippen LogP contribution in [0.25, 0.3) is 0 Å². The number of aliphatic hydroxyl groups is 11. The highest BCUT2D eigenvalue weighted by Crippen LogP contribution is 2.45. The third kappa shape index (κ3) is 13.5. The Morgan fingerprint density at radius 3 is 1.44 bits per heavy atom. The Kier molecular flexibility index (Phi) is 20.3. The summed E-state index contributed by atoms with van der Waals surface area (Å²) >= 11 is 0. The molecule has 18 N–H and O–H groups in total. The number of ether oxygens (including phenoxy) is 7. The quantitative estimate of drug-likeness (QED) is 0.0475. The van der Waals surface area contributed by atoms with E-state index < -0.39 is 184 Å². The SMILES string of the molecule is CC(=O)N[C@@H]1[C@@H](O)[C@H](O[C@H]2O[C@H](COP(=O)(O)OCCN)[C@@H](O)[C@H](O)[C@@H]2O[C@H]2O[C@H](CO)[C@@H](O)[C@H](O)[C@@H]2O[C@H]2O[C@H](COP(=O)(O)OCCN)[C@@H](O)[C@H](O)[C@@H]2O)[C@@H](CO)O[C@H]1O. The molecule has 0 saturated carbocycles. The fourth-order valence-corrected chi connectivity index (χ4v) is 8.12. The lowest BCUT2D eigenvalue weighted by Crippen LogP contribution is -2.69. The van der Waals surface area contributed by atoms with Gasteiger partial charge in [-0.15, -0.1) is 0 Å². The Hall–Kier alpha value is -1.11. The van der Waals surface area contributed by atoms with Crippen molar-refractivity contribution in [1.29, 1.82) is 0 Å². The molecule has 0 radical (unpaired) electrons. The number of phosphoric acid groups is 2. The van der Waals surface area contributed by atoms with Crippen LogP contribution in [0.3, 0.4) is 0 Å². The van der Waals surface area contributed by atoms with Gasteiger partial charge in [0.1, 0.15) is 97.6 Å². The summed E-state index contributed by atoms with van der Waals surface area (Å²) in [4.78, 5) is 31.8. The average molecular weight is 954 g/mol. The Balaban J connectivity index is 1.67. The first-order chi connectivity index (χ1) is 29.1. The van der Waals surface area contributed by atoms with Crippen LogP contribution in [0, 0.1) is 0 Å². The van der Waals surface area contributed by atoms with Gasteiger partial charge in [-0.1, -0.05) is 0 Å². The minimum atomic E-state index is -4.87. The van der Waals surface area contributed by atoms with Crippen molar-refractivity contribution in [3.05, 3.63) is 0 Å². The highest BCUT2D eigenvalue weighted by atomic mass is 31.2. The number of carbonyl (C=O) groups is 1. The third-order valence-electron chi connectivity index (χ3n) is 9.80. The molecular weight excluding hydrogens is 896 g/mol. The van der Waals surface area contributed by atoms with Gasteiger partial charge in [-0.2, -0.15) is 0 Å². The number of nitrogens with two attached hydrogens (primary N) is 2. The van der Waals surface area contributed by atoms with E-state index in [0.717, 1.165) is 6.92 Å². The molecule has 1 amide bonds. The van der Waals surface area contributed by atoms with Crippen LogP contribution in [-0.2, 0) is 65.2 Å². The topological polar surface area (TPSA) is 480 Å². The molecule has 30 nitrogen and oxygen atoms in total. The van der Waals surface area contributed by atoms with E-state index in [1.807, 2.05) is 0 Å². The highest BCUT2D eigenvalue weighted by molar-refractivity contribution is 7.47. The molecule has 0 aromatic rings. The first-order valence-electron chi connectivity index (χ1n) is 18.9. The lowest BCUT2D eigenvalue weighted by atomic mass is 9.95. The summed E-state index contributed by atoms with van der Waals surface area (Å²) < 4.78 is 83.3. The predicted octanol–water partition coefficient (Wildman–Crippen LogP) is -9.41. The van der Waals surface area contributed by atoms with Gasteiger partial charge in [0.25, 0.3) is 0 Å². The molecule has 0 spiro atoms. The van der Waals surface area contributed by atoms with Crippen LogP contribution in [0.2, 0.25) is 0 Å². The minimum Gasteiger partial charge on any atom is -0.394 e. The number of hydrogen-bond donors (Lipinski definition) is 16. The highest BCUT2D eigenvalue weighted by Gasteiger charge is 2.56. The van der Waals surface area contributed by atoms with E-state index in [1.54, 1.807) is 0 Å². The fraction of sp³-hybridized carbons (Fsp3) is 0.967. The normalized spacial score (nSPS) is 43.7. The lowest BCUT2D eigenvalue weighted by molar-refractivity contribution is -0.401. The van der Waals surface area contributed by atoms with Crippen LogP contribution in [0.4, 0.5) is 0 Å². The minimum absolute atomic E-state index is 0.179. The number of amides is 1. The number of carbonyl (C=O) groups excluding carboxylic acids is 1. The molecule has 4 heterocycles. The lowest BCUT2D eigenvalue weighted by Gasteiger charge is -2.50.